The van der Waals surface area contributed by atoms with Crippen molar-refractivity contribution < 1.29 is 14.3 Å². The zero-order chi connectivity index (χ0) is 20.4. The van der Waals surface area contributed by atoms with Gasteiger partial charge in [0.25, 0.3) is 0 Å². The van der Waals surface area contributed by atoms with E-state index in [0.717, 1.165) is 54.0 Å². The number of rotatable bonds is 5. The molecular weight excluding hydrogens is 364 g/mol. The molecule has 0 N–H and O–H groups in total. The third kappa shape index (κ3) is 3.77. The number of benzene rings is 2. The van der Waals surface area contributed by atoms with Crippen molar-refractivity contribution >= 4 is 22.4 Å². The van der Waals surface area contributed by atoms with E-state index >= 15 is 0 Å². The van der Waals surface area contributed by atoms with E-state index in [1.165, 1.54) is 0 Å². The van der Waals surface area contributed by atoms with Crippen molar-refractivity contribution in [2.45, 2.75) is 19.8 Å². The number of hydrogen-bond donors (Lipinski definition) is 0. The van der Waals surface area contributed by atoms with Gasteiger partial charge in [0.05, 0.1) is 31.0 Å². The van der Waals surface area contributed by atoms with Crippen LogP contribution >= 0.6 is 0 Å². The fraction of sp³-hybridized carbons (Fsp3) is 0.333. The predicted octanol–water partition coefficient (Wildman–Crippen LogP) is 4.72. The van der Waals surface area contributed by atoms with E-state index in [9.17, 15) is 4.79 Å². The topological polar surface area (TPSA) is 51.7 Å². The summed E-state index contributed by atoms with van der Waals surface area (Å²) in [6.07, 6.45) is 3.95. The number of carbonyl (C=O) groups excluding carboxylic acids is 1. The summed E-state index contributed by atoms with van der Waals surface area (Å²) in [5.41, 5.74) is 3.08. The Balaban J connectivity index is 1.85. The summed E-state index contributed by atoms with van der Waals surface area (Å²) in [5, 5.41) is 0.957. The maximum Gasteiger partial charge on any atom is 0.196 e. The lowest BCUT2D eigenvalue weighted by Gasteiger charge is -2.34. The van der Waals surface area contributed by atoms with E-state index < -0.39 is 0 Å². The molecule has 5 heteroatoms. The predicted molar refractivity (Wildman–Crippen MR) is 115 cm³/mol. The van der Waals surface area contributed by atoms with Gasteiger partial charge in [-0.15, -0.1) is 0 Å². The molecule has 0 bridgehead atoms. The van der Waals surface area contributed by atoms with Crippen LogP contribution in [0.2, 0.25) is 0 Å². The van der Waals surface area contributed by atoms with Crippen LogP contribution in [0.15, 0.2) is 48.7 Å². The number of fused-ring (bicyclic) bond motifs is 1. The Morgan fingerprint density at radius 3 is 2.31 bits per heavy atom. The van der Waals surface area contributed by atoms with Crippen LogP contribution in [0.25, 0.3) is 10.9 Å². The molecule has 1 aliphatic rings. The van der Waals surface area contributed by atoms with E-state index in [4.69, 9.17) is 9.47 Å². The smallest absolute Gasteiger partial charge is 0.196 e. The zero-order valence-corrected chi connectivity index (χ0v) is 17.1. The van der Waals surface area contributed by atoms with Crippen molar-refractivity contribution in [1.29, 1.82) is 0 Å². The number of ether oxygens (including phenoxy) is 2. The van der Waals surface area contributed by atoms with Crippen LogP contribution in [-0.4, -0.2) is 38.1 Å². The second-order valence-corrected chi connectivity index (χ2v) is 7.63. The first-order valence-electron chi connectivity index (χ1n) is 10.0. The minimum Gasteiger partial charge on any atom is -0.497 e. The summed E-state index contributed by atoms with van der Waals surface area (Å²) in [5.74, 6) is 2.17. The average Bonchev–Trinajstić information content (AvgIpc) is 2.78. The number of piperidine rings is 1. The lowest BCUT2D eigenvalue weighted by Crippen LogP contribution is -2.34. The number of hydrogen-bond acceptors (Lipinski definition) is 5. The Kier molecular flexibility index (Phi) is 5.38. The molecule has 0 atom stereocenters. The molecule has 2 heterocycles. The van der Waals surface area contributed by atoms with Gasteiger partial charge in [0, 0.05) is 30.2 Å². The van der Waals surface area contributed by atoms with E-state index in [1.54, 1.807) is 32.5 Å². The van der Waals surface area contributed by atoms with E-state index in [1.807, 2.05) is 30.3 Å². The average molecular weight is 390 g/mol. The van der Waals surface area contributed by atoms with E-state index in [0.29, 0.717) is 17.0 Å². The molecule has 5 nitrogen and oxygen atoms in total. The summed E-state index contributed by atoms with van der Waals surface area (Å²) in [6.45, 7) is 4.15. The zero-order valence-electron chi connectivity index (χ0n) is 17.1. The molecule has 1 aromatic heterocycles. The first-order valence-corrected chi connectivity index (χ1v) is 10.0. The number of nitrogens with zero attached hydrogens (tertiary/aromatic N) is 2. The molecule has 0 unspecified atom stereocenters. The molecule has 29 heavy (non-hydrogen) atoms. The van der Waals surface area contributed by atoms with Crippen molar-refractivity contribution in [3.8, 4) is 11.5 Å². The largest absolute Gasteiger partial charge is 0.497 e. The van der Waals surface area contributed by atoms with Gasteiger partial charge in [0.1, 0.15) is 11.5 Å². The minimum atomic E-state index is -0.0292. The Bertz CT molecular complexity index is 1020. The maximum atomic E-state index is 13.4. The van der Waals surface area contributed by atoms with Gasteiger partial charge < -0.3 is 14.4 Å². The maximum absolute atomic E-state index is 13.4. The summed E-state index contributed by atoms with van der Waals surface area (Å²) < 4.78 is 10.7. The van der Waals surface area contributed by atoms with Crippen molar-refractivity contribution in [1.82, 2.24) is 4.98 Å². The van der Waals surface area contributed by atoms with Gasteiger partial charge in [0.2, 0.25) is 0 Å². The van der Waals surface area contributed by atoms with Gasteiger partial charge in [-0.25, -0.2) is 0 Å². The highest BCUT2D eigenvalue weighted by Gasteiger charge is 2.25. The van der Waals surface area contributed by atoms with E-state index in [-0.39, 0.29) is 5.78 Å². The van der Waals surface area contributed by atoms with Crippen molar-refractivity contribution in [2.24, 2.45) is 5.92 Å². The number of ketones is 1. The molecule has 0 saturated carbocycles. The number of methoxy groups -OCH3 is 2. The molecule has 0 amide bonds. The Labute approximate surface area is 171 Å². The lowest BCUT2D eigenvalue weighted by atomic mass is 9.95. The third-order valence-corrected chi connectivity index (χ3v) is 5.74. The third-order valence-electron chi connectivity index (χ3n) is 5.74. The second-order valence-electron chi connectivity index (χ2n) is 7.63. The molecule has 4 rings (SSSR count). The Morgan fingerprint density at radius 1 is 1.00 bits per heavy atom. The highest BCUT2D eigenvalue weighted by atomic mass is 16.5. The van der Waals surface area contributed by atoms with Crippen molar-refractivity contribution in [3.05, 3.63) is 59.8 Å². The monoisotopic (exact) mass is 390 g/mol. The molecule has 3 aromatic rings. The molecule has 0 aliphatic carbocycles. The van der Waals surface area contributed by atoms with Crippen LogP contribution in [0.3, 0.4) is 0 Å². The second kappa shape index (κ2) is 8.11. The number of aromatic nitrogens is 1. The first kappa shape index (κ1) is 19.2. The van der Waals surface area contributed by atoms with Crippen LogP contribution in [0.5, 0.6) is 11.5 Å². The van der Waals surface area contributed by atoms with Crippen molar-refractivity contribution in [2.75, 3.05) is 32.2 Å². The molecule has 2 aromatic carbocycles. The van der Waals surface area contributed by atoms with Crippen LogP contribution in [0.1, 0.15) is 35.7 Å². The van der Waals surface area contributed by atoms with E-state index in [2.05, 4.69) is 16.8 Å². The summed E-state index contributed by atoms with van der Waals surface area (Å²) >= 11 is 0. The summed E-state index contributed by atoms with van der Waals surface area (Å²) in [6, 6.07) is 13.1. The van der Waals surface area contributed by atoms with Gasteiger partial charge in [0.15, 0.2) is 5.78 Å². The molecule has 0 spiro atoms. The Hall–Kier alpha value is -3.08. The molecule has 1 fully saturated rings. The van der Waals surface area contributed by atoms with Crippen LogP contribution < -0.4 is 14.4 Å². The quantitative estimate of drug-likeness (QED) is 0.590. The van der Waals surface area contributed by atoms with Gasteiger partial charge in [-0.2, -0.15) is 0 Å². The van der Waals surface area contributed by atoms with Gasteiger partial charge >= 0.3 is 0 Å². The van der Waals surface area contributed by atoms with Gasteiger partial charge in [-0.05, 0) is 61.2 Å². The SMILES string of the molecule is COc1ccc(C(=O)c2cnc3ccc(OC)cc3c2N2CCC(C)CC2)cc1. The normalized spacial score (nSPS) is 14.8. The molecule has 0 radical (unpaired) electrons. The minimum absolute atomic E-state index is 0.0292. The number of carbonyl (C=O) groups is 1. The standard InChI is InChI=1S/C24H26N2O3/c1-16-10-12-26(13-11-16)23-20-14-19(29-3)8-9-22(20)25-15-21(23)24(27)17-4-6-18(28-2)7-5-17/h4-9,14-16H,10-13H2,1-3H3. The summed E-state index contributed by atoms with van der Waals surface area (Å²) in [7, 11) is 3.27. The van der Waals surface area contributed by atoms with Crippen LogP contribution in [0, 0.1) is 5.92 Å². The molecule has 150 valence electrons. The molecule has 1 aliphatic heterocycles. The van der Waals surface area contributed by atoms with Gasteiger partial charge in [-0.1, -0.05) is 6.92 Å². The lowest BCUT2D eigenvalue weighted by molar-refractivity contribution is 0.103. The van der Waals surface area contributed by atoms with Gasteiger partial charge in [-0.3, -0.25) is 9.78 Å². The highest BCUT2D eigenvalue weighted by Crippen LogP contribution is 2.35. The Morgan fingerprint density at radius 2 is 1.66 bits per heavy atom. The first-order chi connectivity index (χ1) is 14.1. The summed E-state index contributed by atoms with van der Waals surface area (Å²) in [4.78, 5) is 20.3. The van der Waals surface area contributed by atoms with Crippen molar-refractivity contribution in [3.63, 3.8) is 0 Å². The number of pyridine rings is 1. The van der Waals surface area contributed by atoms with Crippen LogP contribution in [-0.2, 0) is 0 Å². The molecule has 1 saturated heterocycles. The highest BCUT2D eigenvalue weighted by molar-refractivity contribution is 6.16. The number of anilines is 1. The van der Waals surface area contributed by atoms with Crippen LogP contribution in [0.4, 0.5) is 5.69 Å². The fourth-order valence-corrected chi connectivity index (χ4v) is 3.92. The molecular formula is C24H26N2O3. The fourth-order valence-electron chi connectivity index (χ4n) is 3.92.